The van der Waals surface area contributed by atoms with Crippen LogP contribution in [0.3, 0.4) is 0 Å². The van der Waals surface area contributed by atoms with Crippen molar-refractivity contribution in [1.82, 2.24) is 4.90 Å². The second-order valence-electron chi connectivity index (χ2n) is 3.95. The lowest BCUT2D eigenvalue weighted by atomic mass is 10.2. The second-order valence-corrected chi connectivity index (χ2v) is 4.81. The zero-order chi connectivity index (χ0) is 13.0. The Hall–Kier alpha value is -1.07. The van der Waals surface area contributed by atoms with Gasteiger partial charge in [-0.15, -0.1) is 0 Å². The Kier molecular flexibility index (Phi) is 4.96. The predicted octanol–water partition coefficient (Wildman–Crippen LogP) is 1.76. The third kappa shape index (κ3) is 3.71. The van der Waals surface area contributed by atoms with E-state index < -0.39 is 6.04 Å². The number of amides is 1. The van der Waals surface area contributed by atoms with E-state index in [9.17, 15) is 4.79 Å². The summed E-state index contributed by atoms with van der Waals surface area (Å²) in [6.07, 6.45) is 0. The van der Waals surface area contributed by atoms with Crippen molar-refractivity contribution in [2.75, 3.05) is 14.2 Å². The summed E-state index contributed by atoms with van der Waals surface area (Å²) in [6, 6.07) is 5.25. The van der Waals surface area contributed by atoms with Crippen molar-refractivity contribution < 1.29 is 9.53 Å². The highest BCUT2D eigenvalue weighted by Crippen LogP contribution is 2.25. The van der Waals surface area contributed by atoms with Gasteiger partial charge in [0.1, 0.15) is 5.75 Å². The number of hydrogen-bond donors (Lipinski definition) is 1. The van der Waals surface area contributed by atoms with Crippen molar-refractivity contribution >= 4 is 21.8 Å². The summed E-state index contributed by atoms with van der Waals surface area (Å²) in [4.78, 5) is 13.2. The quantitative estimate of drug-likeness (QED) is 0.922. The first kappa shape index (κ1) is 14.0. The number of nitrogens with two attached hydrogens (primary N) is 1. The number of benzene rings is 1. The Morgan fingerprint density at radius 1 is 1.59 bits per heavy atom. The number of likely N-dealkylation sites (N-methyl/N-ethyl adjacent to an activating group) is 1. The molecule has 0 bridgehead atoms. The molecule has 1 atom stereocenters. The first-order valence-corrected chi connectivity index (χ1v) is 6.08. The highest BCUT2D eigenvalue weighted by Gasteiger charge is 2.13. The maximum atomic E-state index is 11.6. The Morgan fingerprint density at radius 2 is 2.24 bits per heavy atom. The van der Waals surface area contributed by atoms with Crippen molar-refractivity contribution in [3.63, 3.8) is 0 Å². The van der Waals surface area contributed by atoms with Crippen molar-refractivity contribution in [3.8, 4) is 5.75 Å². The van der Waals surface area contributed by atoms with Crippen molar-refractivity contribution in [3.05, 3.63) is 28.2 Å². The highest BCUT2D eigenvalue weighted by atomic mass is 79.9. The van der Waals surface area contributed by atoms with Gasteiger partial charge in [0.2, 0.25) is 5.91 Å². The highest BCUT2D eigenvalue weighted by molar-refractivity contribution is 9.10. The molecule has 0 saturated carbocycles. The van der Waals surface area contributed by atoms with E-state index in [0.717, 1.165) is 15.8 Å². The maximum Gasteiger partial charge on any atom is 0.239 e. The molecular formula is C12H17BrN2O2. The normalized spacial score (nSPS) is 12.1. The summed E-state index contributed by atoms with van der Waals surface area (Å²) < 4.78 is 6.02. The minimum atomic E-state index is -0.471. The molecule has 0 aliphatic carbocycles. The van der Waals surface area contributed by atoms with Gasteiger partial charge in [-0.25, -0.2) is 0 Å². The fraction of sp³-hybridized carbons (Fsp3) is 0.417. The monoisotopic (exact) mass is 300 g/mol. The van der Waals surface area contributed by atoms with Gasteiger partial charge in [-0.2, -0.15) is 0 Å². The Labute approximate surface area is 110 Å². The molecule has 0 aliphatic heterocycles. The molecule has 1 aromatic rings. The van der Waals surface area contributed by atoms with Gasteiger partial charge in [-0.05, 0) is 40.5 Å². The average Bonchev–Trinajstić information content (AvgIpc) is 2.28. The second kappa shape index (κ2) is 6.02. The van der Waals surface area contributed by atoms with Crippen LogP contribution in [-0.2, 0) is 11.3 Å². The molecule has 0 aromatic heterocycles. The molecule has 1 rings (SSSR count). The van der Waals surface area contributed by atoms with Crippen LogP contribution in [0.25, 0.3) is 0 Å². The van der Waals surface area contributed by atoms with Crippen molar-refractivity contribution in [2.24, 2.45) is 5.73 Å². The van der Waals surface area contributed by atoms with E-state index in [1.807, 2.05) is 18.2 Å². The predicted molar refractivity (Wildman–Crippen MR) is 70.8 cm³/mol. The zero-order valence-electron chi connectivity index (χ0n) is 10.2. The molecule has 0 radical (unpaired) electrons. The van der Waals surface area contributed by atoms with Gasteiger partial charge in [-0.3, -0.25) is 4.79 Å². The average molecular weight is 301 g/mol. The van der Waals surface area contributed by atoms with E-state index in [1.54, 1.807) is 26.0 Å². The Balaban J connectivity index is 2.75. The van der Waals surface area contributed by atoms with Crippen LogP contribution in [0, 0.1) is 0 Å². The van der Waals surface area contributed by atoms with E-state index in [4.69, 9.17) is 10.5 Å². The van der Waals surface area contributed by atoms with Gasteiger partial charge in [0.05, 0.1) is 17.6 Å². The lowest BCUT2D eigenvalue weighted by molar-refractivity contribution is -0.131. The van der Waals surface area contributed by atoms with Crippen LogP contribution in [0.1, 0.15) is 12.5 Å². The van der Waals surface area contributed by atoms with Crippen molar-refractivity contribution in [2.45, 2.75) is 19.5 Å². The number of ether oxygens (including phenoxy) is 1. The van der Waals surface area contributed by atoms with Crippen LogP contribution in [0.4, 0.5) is 0 Å². The molecule has 5 heteroatoms. The SMILES string of the molecule is COc1ccc(CN(C)C(=O)C(C)N)cc1Br. The first-order valence-electron chi connectivity index (χ1n) is 5.28. The number of halogens is 1. The number of hydrogen-bond acceptors (Lipinski definition) is 3. The lowest BCUT2D eigenvalue weighted by Crippen LogP contribution is -2.39. The van der Waals surface area contributed by atoms with Crippen LogP contribution in [0.2, 0.25) is 0 Å². The molecule has 1 amide bonds. The Morgan fingerprint density at radius 3 is 2.71 bits per heavy atom. The maximum absolute atomic E-state index is 11.6. The van der Waals surface area contributed by atoms with Gasteiger partial charge >= 0.3 is 0 Å². The fourth-order valence-electron chi connectivity index (χ4n) is 1.51. The minimum Gasteiger partial charge on any atom is -0.496 e. The number of nitrogens with zero attached hydrogens (tertiary/aromatic N) is 1. The Bertz CT molecular complexity index is 407. The summed E-state index contributed by atoms with van der Waals surface area (Å²) in [5.74, 6) is 0.701. The third-order valence-corrected chi connectivity index (χ3v) is 3.02. The third-order valence-electron chi connectivity index (χ3n) is 2.40. The summed E-state index contributed by atoms with van der Waals surface area (Å²) in [7, 11) is 3.36. The molecule has 1 aromatic carbocycles. The molecule has 94 valence electrons. The van der Waals surface area contributed by atoms with E-state index in [0.29, 0.717) is 6.54 Å². The van der Waals surface area contributed by atoms with E-state index in [-0.39, 0.29) is 5.91 Å². The number of carbonyl (C=O) groups is 1. The lowest BCUT2D eigenvalue weighted by Gasteiger charge is -2.19. The molecule has 0 spiro atoms. The van der Waals surface area contributed by atoms with Gasteiger partial charge in [0.25, 0.3) is 0 Å². The molecule has 17 heavy (non-hydrogen) atoms. The molecule has 0 saturated heterocycles. The van der Waals surface area contributed by atoms with Crippen molar-refractivity contribution in [1.29, 1.82) is 0 Å². The molecular weight excluding hydrogens is 284 g/mol. The van der Waals surface area contributed by atoms with Gasteiger partial charge in [0.15, 0.2) is 0 Å². The van der Waals surface area contributed by atoms with Crippen LogP contribution in [-0.4, -0.2) is 31.0 Å². The molecule has 2 N–H and O–H groups in total. The first-order chi connectivity index (χ1) is 7.95. The standard InChI is InChI=1S/C12H17BrN2O2/c1-8(14)12(16)15(2)7-9-4-5-11(17-3)10(13)6-9/h4-6,8H,7,14H2,1-3H3. The van der Waals surface area contributed by atoms with E-state index in [2.05, 4.69) is 15.9 Å². The van der Waals surface area contributed by atoms with E-state index in [1.165, 1.54) is 0 Å². The molecule has 1 unspecified atom stereocenters. The molecule has 0 fully saturated rings. The summed E-state index contributed by atoms with van der Waals surface area (Å²) in [5, 5.41) is 0. The topological polar surface area (TPSA) is 55.6 Å². The van der Waals surface area contributed by atoms with Crippen LogP contribution in [0.5, 0.6) is 5.75 Å². The number of rotatable bonds is 4. The number of carbonyl (C=O) groups excluding carboxylic acids is 1. The zero-order valence-corrected chi connectivity index (χ0v) is 11.8. The van der Waals surface area contributed by atoms with Gasteiger partial charge in [-0.1, -0.05) is 6.07 Å². The fourth-order valence-corrected chi connectivity index (χ4v) is 2.10. The van der Waals surface area contributed by atoms with Gasteiger partial charge < -0.3 is 15.4 Å². The smallest absolute Gasteiger partial charge is 0.239 e. The van der Waals surface area contributed by atoms with Crippen LogP contribution >= 0.6 is 15.9 Å². The summed E-state index contributed by atoms with van der Waals surface area (Å²) in [5.41, 5.74) is 6.57. The molecule has 0 aliphatic rings. The van der Waals surface area contributed by atoms with Crippen LogP contribution in [0.15, 0.2) is 22.7 Å². The number of methoxy groups -OCH3 is 1. The molecule has 4 nitrogen and oxygen atoms in total. The largest absolute Gasteiger partial charge is 0.496 e. The van der Waals surface area contributed by atoms with E-state index >= 15 is 0 Å². The minimum absolute atomic E-state index is 0.0723. The molecule has 0 heterocycles. The summed E-state index contributed by atoms with van der Waals surface area (Å²) in [6.45, 7) is 2.21. The van der Waals surface area contributed by atoms with Crippen LogP contribution < -0.4 is 10.5 Å². The van der Waals surface area contributed by atoms with Gasteiger partial charge in [0, 0.05) is 13.6 Å². The summed E-state index contributed by atoms with van der Waals surface area (Å²) >= 11 is 3.41.